The molecule has 0 unspecified atom stereocenters. The lowest BCUT2D eigenvalue weighted by atomic mass is 10.2. The third-order valence-electron chi connectivity index (χ3n) is 3.09. The summed E-state index contributed by atoms with van der Waals surface area (Å²) in [6.45, 7) is 3.41. The second kappa shape index (κ2) is 8.31. The van der Waals surface area contributed by atoms with Crippen molar-refractivity contribution >= 4 is 5.91 Å². The molecule has 0 saturated heterocycles. The van der Waals surface area contributed by atoms with Gasteiger partial charge in [0.25, 0.3) is 5.91 Å². The molecule has 0 fully saturated rings. The Morgan fingerprint density at radius 3 is 2.73 bits per heavy atom. The second-order valence-electron chi connectivity index (χ2n) is 4.95. The number of carbonyl (C=O) groups excluding carboxylic acids is 1. The van der Waals surface area contributed by atoms with Crippen LogP contribution in [0.4, 0.5) is 0 Å². The predicted octanol–water partition coefficient (Wildman–Crippen LogP) is 1.31. The van der Waals surface area contributed by atoms with Gasteiger partial charge in [0.15, 0.2) is 0 Å². The number of ether oxygens (including phenoxy) is 1. The first-order valence-corrected chi connectivity index (χ1v) is 7.29. The van der Waals surface area contributed by atoms with Gasteiger partial charge in [0, 0.05) is 24.9 Å². The quantitative estimate of drug-likeness (QED) is 0.721. The molecule has 1 heterocycles. The molecule has 2 aromatic rings. The van der Waals surface area contributed by atoms with E-state index in [4.69, 9.17) is 9.84 Å². The molecule has 22 heavy (non-hydrogen) atoms. The summed E-state index contributed by atoms with van der Waals surface area (Å²) in [5.74, 6) is -0.106. The predicted molar refractivity (Wildman–Crippen MR) is 83.2 cm³/mol. The number of amides is 1. The van der Waals surface area contributed by atoms with Crippen LogP contribution in [0.2, 0.25) is 0 Å². The van der Waals surface area contributed by atoms with E-state index in [0.29, 0.717) is 25.3 Å². The Bertz CT molecular complexity index is 593. The van der Waals surface area contributed by atoms with E-state index in [1.54, 1.807) is 23.0 Å². The molecule has 1 aromatic carbocycles. The first-order valence-electron chi connectivity index (χ1n) is 7.29. The molecule has 0 bridgehead atoms. The van der Waals surface area contributed by atoms with Crippen molar-refractivity contribution in [2.24, 2.45) is 0 Å². The van der Waals surface area contributed by atoms with E-state index in [1.165, 1.54) is 0 Å². The molecular formula is C16H21N3O3. The van der Waals surface area contributed by atoms with Crippen molar-refractivity contribution in [1.29, 1.82) is 0 Å². The lowest BCUT2D eigenvalue weighted by Gasteiger charge is -2.07. The van der Waals surface area contributed by atoms with Gasteiger partial charge in [0.2, 0.25) is 0 Å². The number of nitrogens with one attached hydrogen (secondary N) is 1. The Balaban J connectivity index is 1.81. The molecule has 1 amide bonds. The average molecular weight is 303 g/mol. The summed E-state index contributed by atoms with van der Waals surface area (Å²) >= 11 is 0. The van der Waals surface area contributed by atoms with Crippen molar-refractivity contribution < 1.29 is 14.6 Å². The SMILES string of the molecule is Cc1cnn(-c2ccc(C(=O)NCCCOCCO)cc2)c1. The molecule has 0 radical (unpaired) electrons. The van der Waals surface area contributed by atoms with Gasteiger partial charge in [0.1, 0.15) is 0 Å². The maximum Gasteiger partial charge on any atom is 0.251 e. The van der Waals surface area contributed by atoms with Crippen LogP contribution in [0.25, 0.3) is 5.69 Å². The number of nitrogens with zero attached hydrogens (tertiary/aromatic N) is 2. The Labute approximate surface area is 129 Å². The Hall–Kier alpha value is -2.18. The number of aromatic nitrogens is 2. The van der Waals surface area contributed by atoms with Gasteiger partial charge >= 0.3 is 0 Å². The highest BCUT2D eigenvalue weighted by molar-refractivity contribution is 5.94. The van der Waals surface area contributed by atoms with Crippen LogP contribution in [0.5, 0.6) is 0 Å². The number of aryl methyl sites for hydroxylation is 1. The van der Waals surface area contributed by atoms with Crippen molar-refractivity contribution in [3.8, 4) is 5.69 Å². The van der Waals surface area contributed by atoms with E-state index in [0.717, 1.165) is 17.7 Å². The van der Waals surface area contributed by atoms with Gasteiger partial charge in [-0.3, -0.25) is 4.79 Å². The van der Waals surface area contributed by atoms with Crippen LogP contribution in [-0.4, -0.2) is 47.2 Å². The Morgan fingerprint density at radius 1 is 1.32 bits per heavy atom. The summed E-state index contributed by atoms with van der Waals surface area (Å²) in [5, 5.41) is 15.6. The molecule has 6 heteroatoms. The van der Waals surface area contributed by atoms with E-state index in [2.05, 4.69) is 10.4 Å². The van der Waals surface area contributed by atoms with Gasteiger partial charge in [-0.05, 0) is 43.2 Å². The van der Waals surface area contributed by atoms with Gasteiger partial charge in [-0.1, -0.05) is 0 Å². The number of carbonyl (C=O) groups is 1. The van der Waals surface area contributed by atoms with E-state index >= 15 is 0 Å². The fraction of sp³-hybridized carbons (Fsp3) is 0.375. The lowest BCUT2D eigenvalue weighted by Crippen LogP contribution is -2.25. The van der Waals surface area contributed by atoms with Crippen molar-refractivity contribution in [2.45, 2.75) is 13.3 Å². The summed E-state index contributed by atoms with van der Waals surface area (Å²) in [7, 11) is 0. The van der Waals surface area contributed by atoms with Crippen molar-refractivity contribution in [2.75, 3.05) is 26.4 Å². The van der Waals surface area contributed by atoms with Crippen LogP contribution in [0, 0.1) is 6.92 Å². The Morgan fingerprint density at radius 2 is 2.09 bits per heavy atom. The monoisotopic (exact) mass is 303 g/mol. The van der Waals surface area contributed by atoms with Crippen LogP contribution < -0.4 is 5.32 Å². The zero-order valence-electron chi connectivity index (χ0n) is 12.7. The minimum atomic E-state index is -0.106. The molecule has 0 atom stereocenters. The fourth-order valence-corrected chi connectivity index (χ4v) is 1.96. The molecule has 2 rings (SSSR count). The Kier molecular flexibility index (Phi) is 6.12. The largest absolute Gasteiger partial charge is 0.394 e. The van der Waals surface area contributed by atoms with Crippen LogP contribution in [-0.2, 0) is 4.74 Å². The molecule has 118 valence electrons. The van der Waals surface area contributed by atoms with Gasteiger partial charge < -0.3 is 15.2 Å². The van der Waals surface area contributed by atoms with Crippen molar-refractivity contribution in [1.82, 2.24) is 15.1 Å². The van der Waals surface area contributed by atoms with Gasteiger partial charge in [-0.25, -0.2) is 4.68 Å². The van der Waals surface area contributed by atoms with Gasteiger partial charge in [-0.2, -0.15) is 5.10 Å². The summed E-state index contributed by atoms with van der Waals surface area (Å²) in [6.07, 6.45) is 4.44. The van der Waals surface area contributed by atoms with E-state index in [1.807, 2.05) is 25.3 Å². The zero-order valence-corrected chi connectivity index (χ0v) is 12.7. The average Bonchev–Trinajstić information content (AvgIpc) is 2.97. The maximum absolute atomic E-state index is 12.0. The molecule has 0 aliphatic heterocycles. The molecule has 0 saturated carbocycles. The third kappa shape index (κ3) is 4.68. The fourth-order valence-electron chi connectivity index (χ4n) is 1.96. The minimum absolute atomic E-state index is 0.0223. The van der Waals surface area contributed by atoms with Gasteiger partial charge in [-0.15, -0.1) is 0 Å². The highest BCUT2D eigenvalue weighted by Crippen LogP contribution is 2.10. The number of aliphatic hydroxyl groups excluding tert-OH is 1. The van der Waals surface area contributed by atoms with Crippen LogP contribution in [0.3, 0.4) is 0 Å². The first kappa shape index (κ1) is 16.2. The number of benzene rings is 1. The van der Waals surface area contributed by atoms with Crippen LogP contribution in [0.15, 0.2) is 36.7 Å². The van der Waals surface area contributed by atoms with Crippen LogP contribution in [0.1, 0.15) is 22.3 Å². The van der Waals surface area contributed by atoms with E-state index in [9.17, 15) is 4.79 Å². The number of rotatable bonds is 8. The van der Waals surface area contributed by atoms with Crippen molar-refractivity contribution in [3.05, 3.63) is 47.8 Å². The standard InChI is InChI=1S/C16H21N3O3/c1-13-11-18-19(12-13)15-5-3-14(4-6-15)16(21)17-7-2-9-22-10-8-20/h3-6,11-12,20H,2,7-10H2,1H3,(H,17,21). The molecule has 1 aromatic heterocycles. The summed E-state index contributed by atoms with van der Waals surface area (Å²) in [5.41, 5.74) is 2.62. The highest BCUT2D eigenvalue weighted by atomic mass is 16.5. The number of hydrogen-bond donors (Lipinski definition) is 2. The van der Waals surface area contributed by atoms with Gasteiger partial charge in [0.05, 0.1) is 25.1 Å². The molecule has 0 spiro atoms. The second-order valence-corrected chi connectivity index (χ2v) is 4.95. The molecular weight excluding hydrogens is 282 g/mol. The summed E-state index contributed by atoms with van der Waals surface area (Å²) in [6, 6.07) is 7.30. The molecule has 0 aliphatic rings. The highest BCUT2D eigenvalue weighted by Gasteiger charge is 2.05. The minimum Gasteiger partial charge on any atom is -0.394 e. The number of hydrogen-bond acceptors (Lipinski definition) is 4. The summed E-state index contributed by atoms with van der Waals surface area (Å²) < 4.78 is 6.90. The maximum atomic E-state index is 12.0. The smallest absolute Gasteiger partial charge is 0.251 e. The number of aliphatic hydroxyl groups is 1. The molecule has 2 N–H and O–H groups in total. The summed E-state index contributed by atoms with van der Waals surface area (Å²) in [4.78, 5) is 12.0. The lowest BCUT2D eigenvalue weighted by molar-refractivity contribution is 0.0867. The van der Waals surface area contributed by atoms with Crippen molar-refractivity contribution in [3.63, 3.8) is 0 Å². The first-order chi connectivity index (χ1) is 10.7. The third-order valence-corrected chi connectivity index (χ3v) is 3.09. The van der Waals surface area contributed by atoms with E-state index < -0.39 is 0 Å². The molecule has 0 aliphatic carbocycles. The topological polar surface area (TPSA) is 76.4 Å². The van der Waals surface area contributed by atoms with E-state index in [-0.39, 0.29) is 12.5 Å². The normalized spacial score (nSPS) is 10.6. The van der Waals surface area contributed by atoms with Crippen LogP contribution >= 0.6 is 0 Å². The zero-order chi connectivity index (χ0) is 15.8. The molecule has 6 nitrogen and oxygen atoms in total.